The van der Waals surface area contributed by atoms with Crippen LogP contribution in [0.4, 0.5) is 14.5 Å². The average molecular weight is 282 g/mol. The van der Waals surface area contributed by atoms with E-state index in [0.29, 0.717) is 6.54 Å². The van der Waals surface area contributed by atoms with Gasteiger partial charge in [-0.1, -0.05) is 18.2 Å². The number of anilines is 1. The summed E-state index contributed by atoms with van der Waals surface area (Å²) in [5.74, 6) is -3.02. The molecular weight excluding hydrogens is 262 g/mol. The Labute approximate surface area is 117 Å². The molecule has 1 saturated carbocycles. The molecule has 3 nitrogen and oxygen atoms in total. The van der Waals surface area contributed by atoms with E-state index in [4.69, 9.17) is 5.73 Å². The van der Waals surface area contributed by atoms with Crippen LogP contribution in [0, 0.1) is 5.92 Å². The minimum atomic E-state index is -2.61. The second-order valence-electron chi connectivity index (χ2n) is 5.36. The van der Waals surface area contributed by atoms with Crippen LogP contribution >= 0.6 is 0 Å². The second kappa shape index (κ2) is 5.87. The molecule has 1 aromatic rings. The van der Waals surface area contributed by atoms with Crippen LogP contribution in [0.15, 0.2) is 24.3 Å². The summed E-state index contributed by atoms with van der Waals surface area (Å²) in [6.07, 6.45) is 0.105. The molecule has 1 fully saturated rings. The van der Waals surface area contributed by atoms with Gasteiger partial charge in [0.25, 0.3) is 0 Å². The minimum Gasteiger partial charge on any atom is -0.326 e. The van der Waals surface area contributed by atoms with E-state index in [1.165, 1.54) is 0 Å². The lowest BCUT2D eigenvalue weighted by molar-refractivity contribution is -0.126. The zero-order chi connectivity index (χ0) is 14.8. The molecule has 1 aliphatic carbocycles. The van der Waals surface area contributed by atoms with E-state index in [2.05, 4.69) is 0 Å². The third kappa shape index (κ3) is 3.15. The molecule has 0 spiro atoms. The number of nitrogens with two attached hydrogens (primary N) is 1. The van der Waals surface area contributed by atoms with Gasteiger partial charge in [0.05, 0.1) is 0 Å². The first kappa shape index (κ1) is 14.9. The van der Waals surface area contributed by atoms with Crippen molar-refractivity contribution in [1.29, 1.82) is 0 Å². The van der Waals surface area contributed by atoms with Crippen molar-refractivity contribution in [2.45, 2.75) is 38.2 Å². The Hall–Kier alpha value is -1.49. The molecule has 110 valence electrons. The molecule has 1 amide bonds. The number of halogens is 2. The van der Waals surface area contributed by atoms with E-state index in [0.717, 1.165) is 11.3 Å². The van der Waals surface area contributed by atoms with Crippen LogP contribution in [0.5, 0.6) is 0 Å². The van der Waals surface area contributed by atoms with Crippen molar-refractivity contribution in [3.05, 3.63) is 29.8 Å². The molecule has 0 unspecified atom stereocenters. The molecule has 0 aliphatic heterocycles. The van der Waals surface area contributed by atoms with Gasteiger partial charge >= 0.3 is 0 Å². The van der Waals surface area contributed by atoms with Gasteiger partial charge in [-0.3, -0.25) is 4.79 Å². The monoisotopic (exact) mass is 282 g/mol. The van der Waals surface area contributed by atoms with Crippen LogP contribution in [0.2, 0.25) is 0 Å². The predicted molar refractivity (Wildman–Crippen MR) is 74.6 cm³/mol. The quantitative estimate of drug-likeness (QED) is 0.926. The summed E-state index contributed by atoms with van der Waals surface area (Å²) in [7, 11) is 1.68. The van der Waals surface area contributed by atoms with Gasteiger partial charge in [-0.05, 0) is 24.5 Å². The summed E-state index contributed by atoms with van der Waals surface area (Å²) >= 11 is 0. The summed E-state index contributed by atoms with van der Waals surface area (Å²) in [5, 5.41) is 0. The molecular formula is C15H20F2N2O. The maximum atomic E-state index is 13.1. The van der Waals surface area contributed by atoms with Crippen LogP contribution < -0.4 is 10.6 Å². The Morgan fingerprint density at radius 1 is 1.35 bits per heavy atom. The highest BCUT2D eigenvalue weighted by Gasteiger charge is 2.38. The number of nitrogens with zero attached hydrogens (tertiary/aromatic N) is 1. The highest BCUT2D eigenvalue weighted by Crippen LogP contribution is 2.37. The SMILES string of the molecule is CN(C(=O)C1CCC(F)(F)CC1)c1ccccc1CN. The first-order chi connectivity index (χ1) is 9.44. The topological polar surface area (TPSA) is 46.3 Å². The first-order valence-corrected chi connectivity index (χ1v) is 6.88. The maximum absolute atomic E-state index is 13.1. The van der Waals surface area contributed by atoms with E-state index in [1.54, 1.807) is 11.9 Å². The Bertz CT molecular complexity index is 481. The zero-order valence-electron chi connectivity index (χ0n) is 11.6. The van der Waals surface area contributed by atoms with Gasteiger partial charge in [0, 0.05) is 38.0 Å². The normalized spacial score (nSPS) is 18.8. The molecule has 0 radical (unpaired) electrons. The lowest BCUT2D eigenvalue weighted by Gasteiger charge is -2.31. The van der Waals surface area contributed by atoms with Gasteiger partial charge in [0.1, 0.15) is 0 Å². The van der Waals surface area contributed by atoms with Crippen LogP contribution in [-0.2, 0) is 11.3 Å². The number of amides is 1. The molecule has 0 aromatic heterocycles. The molecule has 1 aromatic carbocycles. The van der Waals surface area contributed by atoms with Crippen LogP contribution in [0.1, 0.15) is 31.2 Å². The fourth-order valence-corrected chi connectivity index (χ4v) is 2.69. The maximum Gasteiger partial charge on any atom is 0.248 e. The summed E-state index contributed by atoms with van der Waals surface area (Å²) in [4.78, 5) is 14.0. The number of alkyl halides is 2. The van der Waals surface area contributed by atoms with E-state index in [9.17, 15) is 13.6 Å². The van der Waals surface area contributed by atoms with Gasteiger partial charge in [-0.25, -0.2) is 8.78 Å². The standard InChI is InChI=1S/C15H20F2N2O/c1-19(13-5-3-2-4-12(13)10-18)14(20)11-6-8-15(16,17)9-7-11/h2-5,11H,6-10,18H2,1H3. The third-order valence-corrected chi connectivity index (χ3v) is 3.97. The Morgan fingerprint density at radius 2 is 1.95 bits per heavy atom. The van der Waals surface area contributed by atoms with Gasteiger partial charge in [0.2, 0.25) is 11.8 Å². The fourth-order valence-electron chi connectivity index (χ4n) is 2.69. The average Bonchev–Trinajstić information content (AvgIpc) is 2.45. The molecule has 0 saturated heterocycles. The number of hydrogen-bond donors (Lipinski definition) is 1. The molecule has 0 bridgehead atoms. The Kier molecular flexibility index (Phi) is 4.38. The summed E-state index contributed by atoms with van der Waals surface area (Å²) in [6.45, 7) is 0.344. The van der Waals surface area contributed by atoms with E-state index < -0.39 is 5.92 Å². The van der Waals surface area contributed by atoms with Gasteiger partial charge in [-0.15, -0.1) is 0 Å². The summed E-state index contributed by atoms with van der Waals surface area (Å²) < 4.78 is 26.3. The third-order valence-electron chi connectivity index (χ3n) is 3.97. The van der Waals surface area contributed by atoms with Gasteiger partial charge in [-0.2, -0.15) is 0 Å². The van der Waals surface area contributed by atoms with Crippen molar-refractivity contribution in [2.75, 3.05) is 11.9 Å². The molecule has 2 N–H and O–H groups in total. The number of hydrogen-bond acceptors (Lipinski definition) is 2. The van der Waals surface area contributed by atoms with Crippen LogP contribution in [0.3, 0.4) is 0 Å². The van der Waals surface area contributed by atoms with Crippen LogP contribution in [0.25, 0.3) is 0 Å². The number of carbonyl (C=O) groups is 1. The van der Waals surface area contributed by atoms with Gasteiger partial charge in [0.15, 0.2) is 0 Å². The predicted octanol–water partition coefficient (Wildman–Crippen LogP) is 2.93. The minimum absolute atomic E-state index is 0.0959. The number of para-hydroxylation sites is 1. The first-order valence-electron chi connectivity index (χ1n) is 6.88. The second-order valence-corrected chi connectivity index (χ2v) is 5.36. The fraction of sp³-hybridized carbons (Fsp3) is 0.533. The van der Waals surface area contributed by atoms with E-state index in [-0.39, 0.29) is 37.5 Å². The lowest BCUT2D eigenvalue weighted by Crippen LogP contribution is -2.37. The Balaban J connectivity index is 2.09. The van der Waals surface area contributed by atoms with Crippen molar-refractivity contribution in [2.24, 2.45) is 11.7 Å². The highest BCUT2D eigenvalue weighted by atomic mass is 19.3. The molecule has 5 heteroatoms. The van der Waals surface area contributed by atoms with Crippen molar-refractivity contribution in [1.82, 2.24) is 0 Å². The summed E-state index contributed by atoms with van der Waals surface area (Å²) in [6, 6.07) is 7.41. The van der Waals surface area contributed by atoms with E-state index in [1.807, 2.05) is 24.3 Å². The zero-order valence-corrected chi connectivity index (χ0v) is 11.6. The summed E-state index contributed by atoms with van der Waals surface area (Å²) in [5.41, 5.74) is 7.31. The highest BCUT2D eigenvalue weighted by molar-refractivity contribution is 5.95. The Morgan fingerprint density at radius 3 is 2.55 bits per heavy atom. The smallest absolute Gasteiger partial charge is 0.248 e. The van der Waals surface area contributed by atoms with Gasteiger partial charge < -0.3 is 10.6 Å². The van der Waals surface area contributed by atoms with Crippen molar-refractivity contribution < 1.29 is 13.6 Å². The van der Waals surface area contributed by atoms with Crippen molar-refractivity contribution in [3.8, 4) is 0 Å². The lowest BCUT2D eigenvalue weighted by atomic mass is 9.86. The molecule has 20 heavy (non-hydrogen) atoms. The molecule has 1 aliphatic rings. The molecule has 0 heterocycles. The van der Waals surface area contributed by atoms with E-state index >= 15 is 0 Å². The largest absolute Gasteiger partial charge is 0.326 e. The van der Waals surface area contributed by atoms with Crippen LogP contribution in [-0.4, -0.2) is 18.9 Å². The number of carbonyl (C=O) groups excluding carboxylic acids is 1. The number of rotatable bonds is 3. The van der Waals surface area contributed by atoms with Crippen molar-refractivity contribution >= 4 is 11.6 Å². The van der Waals surface area contributed by atoms with Crippen molar-refractivity contribution in [3.63, 3.8) is 0 Å². The number of benzene rings is 1. The molecule has 0 atom stereocenters. The molecule has 2 rings (SSSR count).